The third-order valence-corrected chi connectivity index (χ3v) is 1.95. The molecule has 1 aromatic carbocycles. The highest BCUT2D eigenvalue weighted by Gasteiger charge is 1.97. The predicted molar refractivity (Wildman–Crippen MR) is 51.2 cm³/mol. The van der Waals surface area contributed by atoms with Crippen molar-refractivity contribution in [3.63, 3.8) is 0 Å². The van der Waals surface area contributed by atoms with Crippen LogP contribution in [0.2, 0.25) is 0 Å². The molecule has 2 nitrogen and oxygen atoms in total. The Morgan fingerprint density at radius 3 is 2.92 bits per heavy atom. The first-order chi connectivity index (χ1) is 5.92. The Labute approximate surface area is 75.3 Å². The van der Waals surface area contributed by atoms with Crippen molar-refractivity contribution in [2.45, 2.75) is 0 Å². The molecule has 60 valence electrons. The van der Waals surface area contributed by atoms with Gasteiger partial charge in [-0.3, -0.25) is 9.82 Å². The molecule has 2 aromatic rings. The first-order valence-corrected chi connectivity index (χ1v) is 4.00. The maximum atomic E-state index is 5.53. The van der Waals surface area contributed by atoms with Gasteiger partial charge in [0.05, 0.1) is 11.2 Å². The van der Waals surface area contributed by atoms with Crippen molar-refractivity contribution in [1.82, 2.24) is 4.98 Å². The molecule has 1 heterocycles. The zero-order chi connectivity index (χ0) is 8.39. The van der Waals surface area contributed by atoms with Crippen molar-refractivity contribution in [2.75, 3.05) is 4.84 Å². The molecule has 0 aliphatic heterocycles. The molecule has 0 radical (unpaired) electrons. The maximum absolute atomic E-state index is 5.53. The minimum absolute atomic E-state index is 0.891. The second kappa shape index (κ2) is 2.99. The second-order valence-electron chi connectivity index (χ2n) is 2.47. The van der Waals surface area contributed by atoms with Crippen LogP contribution in [0.5, 0.6) is 0 Å². The Bertz CT molecular complexity index is 395. The SMILES string of the molecule is ClNc1cccc2ncccc12. The van der Waals surface area contributed by atoms with Gasteiger partial charge in [-0.1, -0.05) is 6.07 Å². The Morgan fingerprint density at radius 1 is 1.17 bits per heavy atom. The average Bonchev–Trinajstić information content (AvgIpc) is 2.17. The molecule has 3 heteroatoms. The van der Waals surface area contributed by atoms with Crippen LogP contribution in [0, 0.1) is 0 Å². The third-order valence-electron chi connectivity index (χ3n) is 1.75. The summed E-state index contributed by atoms with van der Waals surface area (Å²) in [6.07, 6.45) is 1.76. The number of halogens is 1. The molecular formula is C9H7ClN2. The fraction of sp³-hybridized carbons (Fsp3) is 0. The van der Waals surface area contributed by atoms with Gasteiger partial charge >= 0.3 is 0 Å². The molecule has 0 unspecified atom stereocenters. The standard InChI is InChI=1S/C9H7ClN2/c10-12-9-5-1-4-8-7(9)3-2-6-11-8/h1-6,12H. The Kier molecular flexibility index (Phi) is 1.84. The van der Waals surface area contributed by atoms with Crippen LogP contribution in [0.4, 0.5) is 5.69 Å². The summed E-state index contributed by atoms with van der Waals surface area (Å²) in [6, 6.07) is 9.65. The number of hydrogen-bond acceptors (Lipinski definition) is 2. The van der Waals surface area contributed by atoms with E-state index in [1.807, 2.05) is 30.3 Å². The van der Waals surface area contributed by atoms with Gasteiger partial charge in [0.15, 0.2) is 0 Å². The number of hydrogen-bond donors (Lipinski definition) is 1. The quantitative estimate of drug-likeness (QED) is 0.680. The van der Waals surface area contributed by atoms with Crippen LogP contribution in [0.1, 0.15) is 0 Å². The number of nitrogens with one attached hydrogen (secondary N) is 1. The largest absolute Gasteiger partial charge is 0.298 e. The molecule has 12 heavy (non-hydrogen) atoms. The normalized spacial score (nSPS) is 10.1. The smallest absolute Gasteiger partial charge is 0.0723 e. The van der Waals surface area contributed by atoms with Crippen LogP contribution < -0.4 is 4.84 Å². The number of nitrogens with zero attached hydrogens (tertiary/aromatic N) is 1. The maximum Gasteiger partial charge on any atom is 0.0723 e. The molecule has 0 atom stereocenters. The van der Waals surface area contributed by atoms with Crippen molar-refractivity contribution in [3.8, 4) is 0 Å². The highest BCUT2D eigenvalue weighted by molar-refractivity contribution is 6.25. The topological polar surface area (TPSA) is 24.9 Å². The van der Waals surface area contributed by atoms with E-state index < -0.39 is 0 Å². The lowest BCUT2D eigenvalue weighted by atomic mass is 10.2. The van der Waals surface area contributed by atoms with E-state index in [0.717, 1.165) is 16.6 Å². The van der Waals surface area contributed by atoms with Crippen LogP contribution in [0.15, 0.2) is 36.5 Å². The third kappa shape index (κ3) is 1.10. The fourth-order valence-corrected chi connectivity index (χ4v) is 1.35. The van der Waals surface area contributed by atoms with Gasteiger partial charge < -0.3 is 0 Å². The van der Waals surface area contributed by atoms with Crippen LogP contribution in [0.3, 0.4) is 0 Å². The van der Waals surface area contributed by atoms with E-state index in [0.29, 0.717) is 0 Å². The van der Waals surface area contributed by atoms with Gasteiger partial charge in [-0.15, -0.1) is 0 Å². The lowest BCUT2D eigenvalue weighted by molar-refractivity contribution is 1.41. The van der Waals surface area contributed by atoms with Crippen molar-refractivity contribution in [3.05, 3.63) is 36.5 Å². The van der Waals surface area contributed by atoms with E-state index in [1.165, 1.54) is 0 Å². The Balaban J connectivity index is 2.79. The molecule has 2 rings (SSSR count). The van der Waals surface area contributed by atoms with Crippen LogP contribution in [-0.2, 0) is 0 Å². The monoisotopic (exact) mass is 178 g/mol. The van der Waals surface area contributed by atoms with Gasteiger partial charge in [-0.25, -0.2) is 0 Å². The van der Waals surface area contributed by atoms with Crippen LogP contribution in [0.25, 0.3) is 10.9 Å². The van der Waals surface area contributed by atoms with E-state index in [9.17, 15) is 0 Å². The number of pyridine rings is 1. The minimum atomic E-state index is 0.891. The van der Waals surface area contributed by atoms with E-state index >= 15 is 0 Å². The van der Waals surface area contributed by atoms with Gasteiger partial charge in [-0.2, -0.15) is 0 Å². The molecule has 0 saturated carbocycles. The van der Waals surface area contributed by atoms with Crippen LogP contribution in [-0.4, -0.2) is 4.98 Å². The number of benzene rings is 1. The summed E-state index contributed by atoms with van der Waals surface area (Å²) >= 11 is 5.53. The second-order valence-corrected chi connectivity index (χ2v) is 2.66. The van der Waals surface area contributed by atoms with Gasteiger partial charge in [-0.05, 0) is 24.3 Å². The molecule has 0 amide bonds. The number of aromatic nitrogens is 1. The Hall–Kier alpha value is -1.28. The van der Waals surface area contributed by atoms with Gasteiger partial charge in [0.2, 0.25) is 0 Å². The lowest BCUT2D eigenvalue weighted by Gasteiger charge is -2.01. The summed E-state index contributed by atoms with van der Waals surface area (Å²) in [7, 11) is 0. The molecule has 0 fully saturated rings. The summed E-state index contributed by atoms with van der Waals surface area (Å²) in [6.45, 7) is 0. The van der Waals surface area contributed by atoms with Crippen molar-refractivity contribution in [2.24, 2.45) is 0 Å². The predicted octanol–water partition coefficient (Wildman–Crippen LogP) is 2.80. The van der Waals surface area contributed by atoms with Gasteiger partial charge in [0.1, 0.15) is 0 Å². The minimum Gasteiger partial charge on any atom is -0.298 e. The molecule has 0 aliphatic rings. The summed E-state index contributed by atoms with van der Waals surface area (Å²) in [5, 5.41) is 1.04. The van der Waals surface area contributed by atoms with E-state index in [-0.39, 0.29) is 0 Å². The number of rotatable bonds is 1. The van der Waals surface area contributed by atoms with Crippen molar-refractivity contribution < 1.29 is 0 Å². The van der Waals surface area contributed by atoms with E-state index in [2.05, 4.69) is 9.82 Å². The lowest BCUT2D eigenvalue weighted by Crippen LogP contribution is -1.83. The van der Waals surface area contributed by atoms with E-state index in [4.69, 9.17) is 11.8 Å². The van der Waals surface area contributed by atoms with Crippen molar-refractivity contribution in [1.29, 1.82) is 0 Å². The summed E-state index contributed by atoms with van der Waals surface area (Å²) in [5.41, 5.74) is 1.84. The molecular weight excluding hydrogens is 172 g/mol. The Morgan fingerprint density at radius 2 is 2.08 bits per heavy atom. The molecule has 0 spiro atoms. The number of fused-ring (bicyclic) bond motifs is 1. The van der Waals surface area contributed by atoms with Gasteiger partial charge in [0.25, 0.3) is 0 Å². The molecule has 1 N–H and O–H groups in total. The summed E-state index contributed by atoms with van der Waals surface area (Å²) in [5.74, 6) is 0. The average molecular weight is 179 g/mol. The van der Waals surface area contributed by atoms with Crippen molar-refractivity contribution >= 4 is 28.4 Å². The van der Waals surface area contributed by atoms with Gasteiger partial charge in [0, 0.05) is 23.4 Å². The molecule has 0 bridgehead atoms. The highest BCUT2D eigenvalue weighted by atomic mass is 35.5. The van der Waals surface area contributed by atoms with Crippen LogP contribution >= 0.6 is 11.8 Å². The fourth-order valence-electron chi connectivity index (χ4n) is 1.19. The first-order valence-electron chi connectivity index (χ1n) is 3.62. The molecule has 0 aliphatic carbocycles. The molecule has 1 aromatic heterocycles. The summed E-state index contributed by atoms with van der Waals surface area (Å²) < 4.78 is 0. The molecule has 0 saturated heterocycles. The zero-order valence-corrected chi connectivity index (χ0v) is 7.05. The zero-order valence-electron chi connectivity index (χ0n) is 6.29. The highest BCUT2D eigenvalue weighted by Crippen LogP contribution is 2.21. The number of anilines is 1. The van der Waals surface area contributed by atoms with E-state index in [1.54, 1.807) is 6.20 Å². The summed E-state index contributed by atoms with van der Waals surface area (Å²) in [4.78, 5) is 6.79. The first kappa shape index (κ1) is 7.37.